The topological polar surface area (TPSA) is 307 Å². The molecule has 0 aromatic heterocycles. The van der Waals surface area contributed by atoms with Crippen LogP contribution >= 0.6 is 0 Å². The Hall–Kier alpha value is -3.29. The maximum absolute atomic E-state index is 13.5. The average Bonchev–Trinajstić information content (AvgIpc) is 0.781. The van der Waals surface area contributed by atoms with Gasteiger partial charge in [0.05, 0.1) is 38.6 Å². The molecular formula is C83H145NO18. The number of aliphatic hydroxyl groups is 11. The van der Waals surface area contributed by atoms with Gasteiger partial charge in [0.1, 0.15) is 73.2 Å². The Morgan fingerprint density at radius 2 is 0.686 bits per heavy atom. The number of allylic oxidation sites excluding steroid dienone is 15. The minimum absolute atomic E-state index is 0.229. The second-order valence-electron chi connectivity index (χ2n) is 28.5. The first kappa shape index (κ1) is 92.9. The standard InChI is InChI=1S/C83H145NO18/c1-3-5-7-9-11-13-15-17-19-21-23-25-27-29-30-31-32-33-34-35-36-37-39-41-43-45-47-49-51-53-55-57-59-61-71(89)84-66(67(88)60-58-56-54-52-50-48-46-44-42-40-38-28-26-24-22-20-18-16-14-12-10-8-6-4-2)65-97-81-77(95)74(92)79(69(63-86)99-81)102-83-78(96)75(93)80(70(64-87)100-83)101-82-76(94)73(91)72(90)68(62-85)98-82/h5,7,11,13,17,19,23,25,29-30,42,44,50,52,58,60,66-70,72-83,85-88,90-96H,3-4,6,8-10,12,14-16,18,20-22,24,26-28,31-41,43,45-49,51,53-57,59,61-65H2,1-2H3,(H,84,89)/b7-5-,13-11-,19-17-,25-23-,30-29-,44-42+,52-50+,60-58+. The first-order valence-corrected chi connectivity index (χ1v) is 40.5. The van der Waals surface area contributed by atoms with Crippen molar-refractivity contribution in [2.75, 3.05) is 26.4 Å². The molecule has 0 aliphatic carbocycles. The molecule has 12 N–H and O–H groups in total. The molecule has 1 amide bonds. The molecule has 0 radical (unpaired) electrons. The molecule has 0 spiro atoms. The van der Waals surface area contributed by atoms with Crippen molar-refractivity contribution in [3.8, 4) is 0 Å². The van der Waals surface area contributed by atoms with E-state index in [1.807, 2.05) is 6.08 Å². The van der Waals surface area contributed by atoms with E-state index in [1.54, 1.807) is 6.08 Å². The third-order valence-electron chi connectivity index (χ3n) is 19.6. The van der Waals surface area contributed by atoms with Gasteiger partial charge in [-0.2, -0.15) is 0 Å². The lowest BCUT2D eigenvalue weighted by Crippen LogP contribution is -2.66. The van der Waals surface area contributed by atoms with Gasteiger partial charge in [0.25, 0.3) is 0 Å². The number of nitrogens with one attached hydrogen (secondary N) is 1. The van der Waals surface area contributed by atoms with Crippen LogP contribution in [0, 0.1) is 0 Å². The van der Waals surface area contributed by atoms with Gasteiger partial charge < -0.3 is 89.9 Å². The summed E-state index contributed by atoms with van der Waals surface area (Å²) in [6, 6.07) is -1.00. The smallest absolute Gasteiger partial charge is 0.220 e. The third-order valence-corrected chi connectivity index (χ3v) is 19.6. The molecule has 3 rings (SSSR count). The molecule has 3 heterocycles. The zero-order chi connectivity index (χ0) is 73.9. The lowest BCUT2D eigenvalue weighted by atomic mass is 9.96. The third kappa shape index (κ3) is 42.3. The summed E-state index contributed by atoms with van der Waals surface area (Å²) in [5.74, 6) is -0.289. The number of carbonyl (C=O) groups is 1. The molecule has 0 bridgehead atoms. The number of amides is 1. The fourth-order valence-electron chi connectivity index (χ4n) is 13.1. The second kappa shape index (κ2) is 62.7. The summed E-state index contributed by atoms with van der Waals surface area (Å²) >= 11 is 0. The summed E-state index contributed by atoms with van der Waals surface area (Å²) in [6.07, 6.45) is 58.2. The Kier molecular flexibility index (Phi) is 57.1. The van der Waals surface area contributed by atoms with Gasteiger partial charge in [0.15, 0.2) is 18.9 Å². The highest BCUT2D eigenvalue weighted by atomic mass is 16.8. The van der Waals surface area contributed by atoms with Gasteiger partial charge in [-0.3, -0.25) is 4.79 Å². The van der Waals surface area contributed by atoms with Crippen molar-refractivity contribution in [2.45, 2.75) is 394 Å². The number of hydrogen-bond acceptors (Lipinski definition) is 18. The van der Waals surface area contributed by atoms with E-state index in [9.17, 15) is 61.0 Å². The highest BCUT2D eigenvalue weighted by Crippen LogP contribution is 2.33. The molecule has 0 aromatic carbocycles. The highest BCUT2D eigenvalue weighted by molar-refractivity contribution is 5.76. The molecule has 0 aromatic rings. The number of rotatable bonds is 63. The van der Waals surface area contributed by atoms with Gasteiger partial charge in [0, 0.05) is 6.42 Å². The molecule has 102 heavy (non-hydrogen) atoms. The van der Waals surface area contributed by atoms with Gasteiger partial charge in [-0.05, 0) is 89.9 Å². The van der Waals surface area contributed by atoms with E-state index in [2.05, 4.69) is 104 Å². The van der Waals surface area contributed by atoms with Crippen molar-refractivity contribution in [1.82, 2.24) is 5.32 Å². The van der Waals surface area contributed by atoms with E-state index < -0.39 is 124 Å². The maximum Gasteiger partial charge on any atom is 0.220 e. The van der Waals surface area contributed by atoms with Crippen LogP contribution in [-0.4, -0.2) is 193 Å². The largest absolute Gasteiger partial charge is 0.394 e. The van der Waals surface area contributed by atoms with Crippen LogP contribution in [0.15, 0.2) is 97.2 Å². The fraction of sp³-hybridized carbons (Fsp3) is 0.795. The van der Waals surface area contributed by atoms with E-state index in [0.29, 0.717) is 12.8 Å². The van der Waals surface area contributed by atoms with E-state index in [4.69, 9.17) is 28.4 Å². The molecular weight excluding hydrogens is 1300 g/mol. The number of ether oxygens (including phenoxy) is 6. The van der Waals surface area contributed by atoms with Crippen LogP contribution in [0.3, 0.4) is 0 Å². The molecule has 590 valence electrons. The molecule has 3 aliphatic heterocycles. The zero-order valence-corrected chi connectivity index (χ0v) is 63.1. The predicted octanol–water partition coefficient (Wildman–Crippen LogP) is 13.6. The van der Waals surface area contributed by atoms with Crippen LogP contribution in [0.1, 0.15) is 290 Å². The molecule has 19 heteroatoms. The van der Waals surface area contributed by atoms with Crippen LogP contribution in [0.25, 0.3) is 0 Å². The zero-order valence-electron chi connectivity index (χ0n) is 63.1. The van der Waals surface area contributed by atoms with Crippen molar-refractivity contribution in [1.29, 1.82) is 0 Å². The lowest BCUT2D eigenvalue weighted by Gasteiger charge is -2.48. The SMILES string of the molecule is CC/C=C\C/C=C\C/C=C\C/C=C\C/C=C\CCCCCCCCCCCCCCCCCCCC(=O)NC(COC1OC(CO)C(OC2OC(CO)C(OC3OC(CO)C(O)C(O)C3O)C(O)C2O)C(O)C1O)C(O)/C=C/CC/C=C/CC/C=C/CCCCCCCCCCCCCCCC. The molecule has 19 nitrogen and oxygen atoms in total. The van der Waals surface area contributed by atoms with Gasteiger partial charge in [-0.25, -0.2) is 0 Å². The molecule has 17 unspecified atom stereocenters. The predicted molar refractivity (Wildman–Crippen MR) is 406 cm³/mol. The summed E-state index contributed by atoms with van der Waals surface area (Å²) in [5, 5.41) is 121. The average molecular weight is 1450 g/mol. The Bertz CT molecular complexity index is 2220. The summed E-state index contributed by atoms with van der Waals surface area (Å²) in [7, 11) is 0. The summed E-state index contributed by atoms with van der Waals surface area (Å²) in [5.41, 5.74) is 0. The normalized spacial score (nSPS) is 26.7. The molecule has 3 fully saturated rings. The van der Waals surface area contributed by atoms with Crippen LogP contribution in [-0.2, 0) is 33.2 Å². The number of aliphatic hydroxyl groups excluding tert-OH is 11. The molecule has 17 atom stereocenters. The van der Waals surface area contributed by atoms with Crippen molar-refractivity contribution in [3.63, 3.8) is 0 Å². The molecule has 3 aliphatic rings. The monoisotopic (exact) mass is 1440 g/mol. The molecule has 3 saturated heterocycles. The Labute approximate surface area is 615 Å². The van der Waals surface area contributed by atoms with Crippen LogP contribution < -0.4 is 5.32 Å². The minimum atomic E-state index is -1.99. The van der Waals surface area contributed by atoms with Crippen molar-refractivity contribution in [2.24, 2.45) is 0 Å². The fourth-order valence-corrected chi connectivity index (χ4v) is 13.1. The van der Waals surface area contributed by atoms with Crippen molar-refractivity contribution >= 4 is 5.91 Å². The van der Waals surface area contributed by atoms with Crippen LogP contribution in [0.5, 0.6) is 0 Å². The minimum Gasteiger partial charge on any atom is -0.394 e. The Balaban J connectivity index is 1.38. The summed E-state index contributed by atoms with van der Waals surface area (Å²) in [4.78, 5) is 13.5. The lowest BCUT2D eigenvalue weighted by molar-refractivity contribution is -0.379. The van der Waals surface area contributed by atoms with Gasteiger partial charge in [-0.1, -0.05) is 291 Å². The van der Waals surface area contributed by atoms with E-state index in [-0.39, 0.29) is 18.9 Å². The van der Waals surface area contributed by atoms with E-state index >= 15 is 0 Å². The van der Waals surface area contributed by atoms with E-state index in [0.717, 1.165) is 77.0 Å². The first-order valence-electron chi connectivity index (χ1n) is 40.5. The second-order valence-corrected chi connectivity index (χ2v) is 28.5. The first-order chi connectivity index (χ1) is 49.8. The quantitative estimate of drug-likeness (QED) is 0.0199. The number of carbonyl (C=O) groups excluding carboxylic acids is 1. The van der Waals surface area contributed by atoms with E-state index in [1.165, 1.54) is 180 Å². The van der Waals surface area contributed by atoms with Crippen LogP contribution in [0.4, 0.5) is 0 Å². The summed E-state index contributed by atoms with van der Waals surface area (Å²) in [6.45, 7) is 1.62. The summed E-state index contributed by atoms with van der Waals surface area (Å²) < 4.78 is 34.4. The number of unbranched alkanes of at least 4 members (excludes halogenated alkanes) is 33. The Morgan fingerprint density at radius 1 is 0.363 bits per heavy atom. The number of hydrogen-bond donors (Lipinski definition) is 12. The maximum atomic E-state index is 13.5. The van der Waals surface area contributed by atoms with Crippen molar-refractivity contribution < 1.29 is 89.4 Å². The van der Waals surface area contributed by atoms with Crippen molar-refractivity contribution in [3.05, 3.63) is 97.2 Å². The van der Waals surface area contributed by atoms with Gasteiger partial charge in [0.2, 0.25) is 5.91 Å². The van der Waals surface area contributed by atoms with Crippen LogP contribution in [0.2, 0.25) is 0 Å². The van der Waals surface area contributed by atoms with Gasteiger partial charge in [-0.15, -0.1) is 0 Å². The molecule has 0 saturated carbocycles. The Morgan fingerprint density at radius 3 is 1.10 bits per heavy atom. The highest BCUT2D eigenvalue weighted by Gasteiger charge is 2.54. The van der Waals surface area contributed by atoms with Gasteiger partial charge >= 0.3 is 0 Å².